The number of carbonyl (C=O) groups is 1. The maximum atomic E-state index is 11.2. The summed E-state index contributed by atoms with van der Waals surface area (Å²) in [4.78, 5) is 11.2. The molecule has 0 aliphatic rings. The van der Waals surface area contributed by atoms with E-state index < -0.39 is 0 Å². The first-order chi connectivity index (χ1) is 7.22. The molecule has 0 spiro atoms. The lowest BCUT2D eigenvalue weighted by Gasteiger charge is -2.02. The Morgan fingerprint density at radius 3 is 3.00 bits per heavy atom. The Bertz CT molecular complexity index is 307. The van der Waals surface area contributed by atoms with Gasteiger partial charge in [0.25, 0.3) is 0 Å². The lowest BCUT2D eigenvalue weighted by atomic mass is 10.2. The smallest absolute Gasteiger partial charge is 0.220 e. The van der Waals surface area contributed by atoms with Gasteiger partial charge in [-0.2, -0.15) is 0 Å². The van der Waals surface area contributed by atoms with Crippen molar-refractivity contribution < 1.29 is 9.32 Å². The van der Waals surface area contributed by atoms with E-state index in [0.29, 0.717) is 19.4 Å². The van der Waals surface area contributed by atoms with Crippen LogP contribution in [-0.2, 0) is 11.2 Å². The lowest BCUT2D eigenvalue weighted by molar-refractivity contribution is -0.121. The quantitative estimate of drug-likeness (QED) is 0.779. The maximum Gasteiger partial charge on any atom is 0.220 e. The van der Waals surface area contributed by atoms with Gasteiger partial charge in [0, 0.05) is 25.5 Å². The largest absolute Gasteiger partial charge is 0.361 e. The minimum absolute atomic E-state index is 0.119. The van der Waals surface area contributed by atoms with Gasteiger partial charge < -0.3 is 9.84 Å². The predicted octanol–water partition coefficient (Wildman–Crippen LogP) is 1.83. The summed E-state index contributed by atoms with van der Waals surface area (Å²) in [5.74, 6) is 0.941. The number of rotatable bonds is 6. The maximum absolute atomic E-state index is 11.2. The molecular weight excluding hydrogens is 192 g/mol. The summed E-state index contributed by atoms with van der Waals surface area (Å²) in [5.41, 5.74) is 0.877. The molecule has 1 heterocycles. The summed E-state index contributed by atoms with van der Waals surface area (Å²) in [6, 6.07) is 1.89. The fourth-order valence-corrected chi connectivity index (χ4v) is 1.28. The van der Waals surface area contributed by atoms with Gasteiger partial charge in [-0.05, 0) is 13.3 Å². The van der Waals surface area contributed by atoms with Crippen molar-refractivity contribution >= 4 is 5.91 Å². The van der Waals surface area contributed by atoms with Gasteiger partial charge in [-0.1, -0.05) is 18.5 Å². The van der Waals surface area contributed by atoms with Crippen LogP contribution < -0.4 is 5.32 Å². The second kappa shape index (κ2) is 6.22. The van der Waals surface area contributed by atoms with Gasteiger partial charge in [-0.15, -0.1) is 0 Å². The molecule has 0 saturated heterocycles. The standard InChI is InChI=1S/C11H18N2O2/c1-3-4-5-11(14)12-7-6-10-8-9(2)13-15-10/h8H,3-7H2,1-2H3,(H,12,14). The van der Waals surface area contributed by atoms with Crippen LogP contribution in [0.5, 0.6) is 0 Å². The van der Waals surface area contributed by atoms with E-state index in [0.717, 1.165) is 24.3 Å². The lowest BCUT2D eigenvalue weighted by Crippen LogP contribution is -2.25. The molecular formula is C11H18N2O2. The number of carbonyl (C=O) groups excluding carboxylic acids is 1. The molecule has 0 atom stereocenters. The zero-order valence-corrected chi connectivity index (χ0v) is 9.38. The van der Waals surface area contributed by atoms with E-state index in [1.54, 1.807) is 0 Å². The van der Waals surface area contributed by atoms with Crippen molar-refractivity contribution in [2.75, 3.05) is 6.54 Å². The average molecular weight is 210 g/mol. The monoisotopic (exact) mass is 210 g/mol. The first-order valence-corrected chi connectivity index (χ1v) is 5.41. The fraction of sp³-hybridized carbons (Fsp3) is 0.636. The van der Waals surface area contributed by atoms with Gasteiger partial charge in [0.05, 0.1) is 5.69 Å². The van der Waals surface area contributed by atoms with Crippen LogP contribution in [0.1, 0.15) is 37.6 Å². The third kappa shape index (κ3) is 4.63. The molecule has 15 heavy (non-hydrogen) atoms. The highest BCUT2D eigenvalue weighted by Crippen LogP contribution is 2.02. The van der Waals surface area contributed by atoms with Gasteiger partial charge >= 0.3 is 0 Å². The summed E-state index contributed by atoms with van der Waals surface area (Å²) in [7, 11) is 0. The number of nitrogens with one attached hydrogen (secondary N) is 1. The Hall–Kier alpha value is -1.32. The van der Waals surface area contributed by atoms with Crippen LogP contribution in [0.4, 0.5) is 0 Å². The molecule has 0 aromatic carbocycles. The van der Waals surface area contributed by atoms with Crippen LogP contribution in [0, 0.1) is 6.92 Å². The van der Waals surface area contributed by atoms with E-state index in [1.807, 2.05) is 13.0 Å². The molecule has 0 bridgehead atoms. The van der Waals surface area contributed by atoms with Gasteiger partial charge in [0.2, 0.25) is 5.91 Å². The number of amides is 1. The number of aryl methyl sites for hydroxylation is 1. The van der Waals surface area contributed by atoms with Gasteiger partial charge in [0.15, 0.2) is 0 Å². The summed E-state index contributed by atoms with van der Waals surface area (Å²) in [6.07, 6.45) is 3.33. The normalized spacial score (nSPS) is 10.3. The van der Waals surface area contributed by atoms with Crippen LogP contribution >= 0.6 is 0 Å². The molecule has 0 aliphatic heterocycles. The second-order valence-corrected chi connectivity index (χ2v) is 3.64. The molecule has 1 aromatic heterocycles. The molecule has 1 amide bonds. The minimum atomic E-state index is 0.119. The zero-order valence-electron chi connectivity index (χ0n) is 9.38. The van der Waals surface area contributed by atoms with E-state index in [9.17, 15) is 4.79 Å². The van der Waals surface area contributed by atoms with Crippen LogP contribution in [0.3, 0.4) is 0 Å². The number of unbranched alkanes of at least 4 members (excludes halogenated alkanes) is 1. The van der Waals surface area contributed by atoms with E-state index in [-0.39, 0.29) is 5.91 Å². The van der Waals surface area contributed by atoms with Crippen molar-refractivity contribution in [3.8, 4) is 0 Å². The molecule has 4 nitrogen and oxygen atoms in total. The van der Waals surface area contributed by atoms with Crippen LogP contribution in [0.2, 0.25) is 0 Å². The Morgan fingerprint density at radius 2 is 2.40 bits per heavy atom. The summed E-state index contributed by atoms with van der Waals surface area (Å²) < 4.78 is 5.03. The molecule has 4 heteroatoms. The van der Waals surface area contributed by atoms with Crippen LogP contribution in [-0.4, -0.2) is 17.6 Å². The first kappa shape index (κ1) is 11.8. The number of aromatic nitrogens is 1. The van der Waals surface area contributed by atoms with E-state index in [4.69, 9.17) is 4.52 Å². The summed E-state index contributed by atoms with van der Waals surface area (Å²) >= 11 is 0. The van der Waals surface area contributed by atoms with Crippen molar-refractivity contribution in [1.82, 2.24) is 10.5 Å². The van der Waals surface area contributed by atoms with E-state index >= 15 is 0 Å². The highest BCUT2D eigenvalue weighted by atomic mass is 16.5. The van der Waals surface area contributed by atoms with Crippen molar-refractivity contribution in [3.05, 3.63) is 17.5 Å². The van der Waals surface area contributed by atoms with E-state index in [2.05, 4.69) is 17.4 Å². The van der Waals surface area contributed by atoms with Crippen molar-refractivity contribution in [1.29, 1.82) is 0 Å². The molecule has 0 fully saturated rings. The van der Waals surface area contributed by atoms with Crippen LogP contribution in [0.15, 0.2) is 10.6 Å². The predicted molar refractivity (Wildman–Crippen MR) is 57.5 cm³/mol. The molecule has 1 aromatic rings. The summed E-state index contributed by atoms with van der Waals surface area (Å²) in [5, 5.41) is 6.62. The molecule has 0 radical (unpaired) electrons. The number of nitrogens with zero attached hydrogens (tertiary/aromatic N) is 1. The highest BCUT2D eigenvalue weighted by molar-refractivity contribution is 5.75. The first-order valence-electron chi connectivity index (χ1n) is 5.41. The minimum Gasteiger partial charge on any atom is -0.361 e. The molecule has 0 saturated carbocycles. The topological polar surface area (TPSA) is 55.1 Å². The summed E-state index contributed by atoms with van der Waals surface area (Å²) in [6.45, 7) is 4.58. The van der Waals surface area contributed by atoms with Gasteiger partial charge in [0.1, 0.15) is 5.76 Å². The van der Waals surface area contributed by atoms with Gasteiger partial charge in [-0.25, -0.2) is 0 Å². The third-order valence-corrected chi connectivity index (χ3v) is 2.13. The molecule has 0 aliphatic carbocycles. The Balaban J connectivity index is 2.13. The highest BCUT2D eigenvalue weighted by Gasteiger charge is 2.02. The van der Waals surface area contributed by atoms with Crippen LogP contribution in [0.25, 0.3) is 0 Å². The number of hydrogen-bond acceptors (Lipinski definition) is 3. The molecule has 0 unspecified atom stereocenters. The van der Waals surface area contributed by atoms with Crippen molar-refractivity contribution in [2.45, 2.75) is 39.5 Å². The second-order valence-electron chi connectivity index (χ2n) is 3.64. The van der Waals surface area contributed by atoms with Crippen molar-refractivity contribution in [2.24, 2.45) is 0 Å². The Morgan fingerprint density at radius 1 is 1.60 bits per heavy atom. The Labute approximate surface area is 90.0 Å². The van der Waals surface area contributed by atoms with Crippen molar-refractivity contribution in [3.63, 3.8) is 0 Å². The fourth-order valence-electron chi connectivity index (χ4n) is 1.28. The van der Waals surface area contributed by atoms with E-state index in [1.165, 1.54) is 0 Å². The Kier molecular flexibility index (Phi) is 4.87. The van der Waals surface area contributed by atoms with Gasteiger partial charge in [-0.3, -0.25) is 4.79 Å². The molecule has 1 rings (SSSR count). The zero-order chi connectivity index (χ0) is 11.1. The number of hydrogen-bond donors (Lipinski definition) is 1. The average Bonchev–Trinajstić information content (AvgIpc) is 2.61. The SMILES string of the molecule is CCCCC(=O)NCCc1cc(C)no1. The molecule has 1 N–H and O–H groups in total. The third-order valence-electron chi connectivity index (χ3n) is 2.13. The molecule has 84 valence electrons.